The second-order valence-corrected chi connectivity index (χ2v) is 2.09. The van der Waals surface area contributed by atoms with Crippen LogP contribution in [0.4, 0.5) is 8.78 Å². The van der Waals surface area contributed by atoms with E-state index in [1.54, 1.807) is 0 Å². The minimum atomic E-state index is -1.51. The summed E-state index contributed by atoms with van der Waals surface area (Å²) < 4.78 is 24.7. The zero-order valence-corrected chi connectivity index (χ0v) is 5.71. The first-order valence-corrected chi connectivity index (χ1v) is 2.93. The molecule has 12 heavy (non-hydrogen) atoms. The van der Waals surface area contributed by atoms with Crippen LogP contribution in [0.15, 0.2) is 12.1 Å². The summed E-state index contributed by atoms with van der Waals surface area (Å²) in [6.07, 6.45) is 0. The SMILES string of the molecule is O=C(O)c1cc(F)c(F)cc1O. The van der Waals surface area contributed by atoms with E-state index in [-0.39, 0.29) is 0 Å². The van der Waals surface area contributed by atoms with Gasteiger partial charge >= 0.3 is 5.97 Å². The van der Waals surface area contributed by atoms with Crippen molar-refractivity contribution in [2.24, 2.45) is 0 Å². The number of phenols is 1. The predicted octanol–water partition coefficient (Wildman–Crippen LogP) is 1.37. The van der Waals surface area contributed by atoms with Crippen LogP contribution in [0.1, 0.15) is 10.4 Å². The number of carboxylic acid groups (broad SMARTS) is 1. The molecule has 0 amide bonds. The lowest BCUT2D eigenvalue weighted by Crippen LogP contribution is -1.99. The molecule has 1 rings (SSSR count). The molecule has 0 saturated heterocycles. The molecule has 0 saturated carbocycles. The molecule has 0 fully saturated rings. The normalized spacial score (nSPS) is 9.83. The molecule has 3 nitrogen and oxygen atoms in total. The number of carbonyl (C=O) groups is 1. The molecule has 0 heterocycles. The highest BCUT2D eigenvalue weighted by Gasteiger charge is 2.13. The highest BCUT2D eigenvalue weighted by atomic mass is 19.2. The third-order valence-corrected chi connectivity index (χ3v) is 1.27. The van der Waals surface area contributed by atoms with Crippen LogP contribution in [0, 0.1) is 11.6 Å². The van der Waals surface area contributed by atoms with Crippen molar-refractivity contribution in [3.05, 3.63) is 29.3 Å². The Morgan fingerprint density at radius 3 is 2.25 bits per heavy atom. The van der Waals surface area contributed by atoms with E-state index < -0.39 is 28.9 Å². The minimum absolute atomic E-state index is 0.415. The van der Waals surface area contributed by atoms with Gasteiger partial charge < -0.3 is 10.2 Å². The average molecular weight is 174 g/mol. The molecule has 0 aromatic heterocycles. The van der Waals surface area contributed by atoms with Gasteiger partial charge in [0.15, 0.2) is 11.6 Å². The lowest BCUT2D eigenvalue weighted by Gasteiger charge is -1.99. The second-order valence-electron chi connectivity index (χ2n) is 2.09. The summed E-state index contributed by atoms with van der Waals surface area (Å²) >= 11 is 0. The molecular formula is C7H4F2O3. The van der Waals surface area contributed by atoms with Crippen LogP contribution in [0.2, 0.25) is 0 Å². The summed E-state index contributed by atoms with van der Waals surface area (Å²) in [5, 5.41) is 17.1. The van der Waals surface area contributed by atoms with Crippen molar-refractivity contribution < 1.29 is 23.8 Å². The molecule has 0 aliphatic rings. The third-order valence-electron chi connectivity index (χ3n) is 1.27. The molecule has 0 spiro atoms. The molecule has 0 radical (unpaired) electrons. The summed E-state index contributed by atoms with van der Waals surface area (Å²) in [4.78, 5) is 10.2. The molecule has 0 atom stereocenters. The van der Waals surface area contributed by atoms with Crippen molar-refractivity contribution in [1.82, 2.24) is 0 Å². The zero-order valence-electron chi connectivity index (χ0n) is 5.71. The molecule has 5 heteroatoms. The molecular weight excluding hydrogens is 170 g/mol. The number of carboxylic acids is 1. The van der Waals surface area contributed by atoms with Gasteiger partial charge in [-0.05, 0) is 6.07 Å². The first-order chi connectivity index (χ1) is 5.52. The van der Waals surface area contributed by atoms with Gasteiger partial charge in [0.05, 0.1) is 0 Å². The van der Waals surface area contributed by atoms with Gasteiger partial charge in [-0.3, -0.25) is 0 Å². The van der Waals surface area contributed by atoms with E-state index in [1.807, 2.05) is 0 Å². The monoisotopic (exact) mass is 174 g/mol. The quantitative estimate of drug-likeness (QED) is 0.675. The summed E-state index contributed by atoms with van der Waals surface area (Å²) in [7, 11) is 0. The molecule has 1 aromatic carbocycles. The van der Waals surface area contributed by atoms with Gasteiger partial charge in [0.25, 0.3) is 0 Å². The number of rotatable bonds is 1. The first-order valence-electron chi connectivity index (χ1n) is 2.93. The summed E-state index contributed by atoms with van der Waals surface area (Å²) in [5.74, 6) is -4.88. The Morgan fingerprint density at radius 1 is 1.25 bits per heavy atom. The first kappa shape index (κ1) is 8.45. The topological polar surface area (TPSA) is 57.5 Å². The molecule has 1 aromatic rings. The van der Waals surface area contributed by atoms with E-state index in [4.69, 9.17) is 10.2 Å². The Balaban J connectivity index is 3.33. The van der Waals surface area contributed by atoms with Crippen molar-refractivity contribution in [2.75, 3.05) is 0 Å². The summed E-state index contributed by atoms with van der Waals surface area (Å²) in [6, 6.07) is 0.839. The van der Waals surface area contributed by atoms with Crippen molar-refractivity contribution in [3.8, 4) is 5.75 Å². The number of benzene rings is 1. The van der Waals surface area contributed by atoms with E-state index in [1.165, 1.54) is 0 Å². The minimum Gasteiger partial charge on any atom is -0.507 e. The van der Waals surface area contributed by atoms with E-state index >= 15 is 0 Å². The van der Waals surface area contributed by atoms with Crippen molar-refractivity contribution in [1.29, 1.82) is 0 Å². The van der Waals surface area contributed by atoms with Gasteiger partial charge in [-0.1, -0.05) is 0 Å². The maximum absolute atomic E-state index is 12.4. The van der Waals surface area contributed by atoms with Crippen LogP contribution in [0.3, 0.4) is 0 Å². The maximum Gasteiger partial charge on any atom is 0.339 e. The lowest BCUT2D eigenvalue weighted by molar-refractivity contribution is 0.0693. The van der Waals surface area contributed by atoms with Crippen molar-refractivity contribution in [3.63, 3.8) is 0 Å². The smallest absolute Gasteiger partial charge is 0.339 e. The van der Waals surface area contributed by atoms with Crippen LogP contribution in [-0.4, -0.2) is 16.2 Å². The molecule has 64 valence electrons. The van der Waals surface area contributed by atoms with E-state index in [9.17, 15) is 13.6 Å². The van der Waals surface area contributed by atoms with Crippen LogP contribution < -0.4 is 0 Å². The number of hydrogen-bond donors (Lipinski definition) is 2. The fourth-order valence-electron chi connectivity index (χ4n) is 0.708. The van der Waals surface area contributed by atoms with Gasteiger partial charge in [0.2, 0.25) is 0 Å². The average Bonchev–Trinajstić information content (AvgIpc) is 1.96. The fourth-order valence-corrected chi connectivity index (χ4v) is 0.708. The van der Waals surface area contributed by atoms with Gasteiger partial charge in [-0.25, -0.2) is 13.6 Å². The van der Waals surface area contributed by atoms with Crippen LogP contribution >= 0.6 is 0 Å². The summed E-state index contributed by atoms with van der Waals surface area (Å²) in [6.45, 7) is 0. The zero-order chi connectivity index (χ0) is 9.30. The second kappa shape index (κ2) is 2.77. The fraction of sp³-hybridized carbons (Fsp3) is 0. The Labute approximate surface area is 65.9 Å². The molecule has 0 unspecified atom stereocenters. The number of aromatic hydroxyl groups is 1. The van der Waals surface area contributed by atoms with Crippen LogP contribution in [-0.2, 0) is 0 Å². The number of aromatic carboxylic acids is 1. The van der Waals surface area contributed by atoms with Crippen molar-refractivity contribution >= 4 is 5.97 Å². The van der Waals surface area contributed by atoms with Crippen molar-refractivity contribution in [2.45, 2.75) is 0 Å². The van der Waals surface area contributed by atoms with Gasteiger partial charge in [-0.15, -0.1) is 0 Å². The lowest BCUT2D eigenvalue weighted by atomic mass is 10.2. The highest BCUT2D eigenvalue weighted by molar-refractivity contribution is 5.90. The number of halogens is 2. The Bertz CT molecular complexity index is 336. The van der Waals surface area contributed by atoms with Gasteiger partial charge in [0, 0.05) is 6.07 Å². The Hall–Kier alpha value is -1.65. The standard InChI is InChI=1S/C7H4F2O3/c8-4-1-3(7(11)12)6(10)2-5(4)9/h1-2,10H,(H,11,12). The van der Waals surface area contributed by atoms with E-state index in [0.29, 0.717) is 12.1 Å². The predicted molar refractivity (Wildman–Crippen MR) is 35.0 cm³/mol. The third kappa shape index (κ3) is 1.34. The van der Waals surface area contributed by atoms with Gasteiger partial charge in [0.1, 0.15) is 11.3 Å². The Kier molecular flexibility index (Phi) is 1.95. The molecule has 2 N–H and O–H groups in total. The molecule has 0 aliphatic carbocycles. The van der Waals surface area contributed by atoms with Crippen LogP contribution in [0.5, 0.6) is 5.75 Å². The Morgan fingerprint density at radius 2 is 1.75 bits per heavy atom. The maximum atomic E-state index is 12.4. The summed E-state index contributed by atoms with van der Waals surface area (Å²) in [5.41, 5.74) is -0.658. The largest absolute Gasteiger partial charge is 0.507 e. The van der Waals surface area contributed by atoms with Gasteiger partial charge in [-0.2, -0.15) is 0 Å². The van der Waals surface area contributed by atoms with Crippen LogP contribution in [0.25, 0.3) is 0 Å². The van der Waals surface area contributed by atoms with E-state index in [0.717, 1.165) is 0 Å². The molecule has 0 bridgehead atoms. The van der Waals surface area contributed by atoms with E-state index in [2.05, 4.69) is 0 Å². The highest BCUT2D eigenvalue weighted by Crippen LogP contribution is 2.20. The number of hydrogen-bond acceptors (Lipinski definition) is 2. The molecule has 0 aliphatic heterocycles.